The molecule has 0 spiro atoms. The number of rotatable bonds is 7. The van der Waals surface area contributed by atoms with Crippen LogP contribution in [0.5, 0.6) is 0 Å². The van der Waals surface area contributed by atoms with Crippen molar-refractivity contribution in [2.24, 2.45) is 0 Å². The second-order valence-electron chi connectivity index (χ2n) is 17.5. The van der Waals surface area contributed by atoms with Crippen molar-refractivity contribution in [3.8, 4) is 73.2 Å². The maximum absolute atomic E-state index is 6.83. The number of para-hydroxylation sites is 2. The van der Waals surface area contributed by atoms with Crippen LogP contribution in [0.2, 0.25) is 0 Å². The predicted molar refractivity (Wildman–Crippen MR) is 281 cm³/mol. The lowest BCUT2D eigenvalue weighted by Crippen LogP contribution is -2.00. The molecule has 69 heavy (non-hydrogen) atoms. The standard InChI is InChI=1S/C63H38N4O2/c1-4-14-39(15-5-1)41-26-28-43(29-27-41)62-64-61(42-18-8-3-9-19-42)65-63(66-62)45-31-34-56-52(37-45)50-23-12-22-49(60(50)69-56)48-21-13-25-58-59(48)53-38-46(32-35-57(53)68-58)67-54-24-11-10-20-47(54)51-36-44(30-33-55(51)67)40-16-6-2-7-17-40/h1-38H. The Morgan fingerprint density at radius 2 is 0.812 bits per heavy atom. The Hall–Kier alpha value is -9.39. The van der Waals surface area contributed by atoms with Crippen LogP contribution in [0.25, 0.3) is 139 Å². The van der Waals surface area contributed by atoms with Crippen molar-refractivity contribution >= 4 is 65.7 Å². The van der Waals surface area contributed by atoms with Crippen LogP contribution in [-0.2, 0) is 0 Å². The van der Waals surface area contributed by atoms with Gasteiger partial charge in [-0.15, -0.1) is 0 Å². The molecule has 0 unspecified atom stereocenters. The van der Waals surface area contributed by atoms with E-state index in [1.165, 1.54) is 21.9 Å². The smallest absolute Gasteiger partial charge is 0.164 e. The zero-order chi connectivity index (χ0) is 45.4. The maximum atomic E-state index is 6.83. The molecule has 0 fully saturated rings. The summed E-state index contributed by atoms with van der Waals surface area (Å²) >= 11 is 0. The predicted octanol–water partition coefficient (Wildman–Crippen LogP) is 16.8. The minimum absolute atomic E-state index is 0.587. The molecule has 0 radical (unpaired) electrons. The first-order chi connectivity index (χ1) is 34.2. The molecule has 14 rings (SSSR count). The monoisotopic (exact) mass is 882 g/mol. The highest BCUT2D eigenvalue weighted by molar-refractivity contribution is 6.18. The van der Waals surface area contributed by atoms with Crippen molar-refractivity contribution in [2.75, 3.05) is 0 Å². The lowest BCUT2D eigenvalue weighted by atomic mass is 9.97. The highest BCUT2D eigenvalue weighted by Gasteiger charge is 2.21. The van der Waals surface area contributed by atoms with Crippen LogP contribution in [0, 0.1) is 0 Å². The molecule has 0 aliphatic rings. The van der Waals surface area contributed by atoms with Crippen LogP contribution in [0.3, 0.4) is 0 Å². The lowest BCUT2D eigenvalue weighted by Gasteiger charge is -2.09. The van der Waals surface area contributed by atoms with Gasteiger partial charge in [0.25, 0.3) is 0 Å². The Morgan fingerprint density at radius 1 is 0.290 bits per heavy atom. The summed E-state index contributed by atoms with van der Waals surface area (Å²) < 4.78 is 15.8. The van der Waals surface area contributed by atoms with E-state index in [1.54, 1.807) is 0 Å². The van der Waals surface area contributed by atoms with Gasteiger partial charge in [-0.05, 0) is 88.5 Å². The molecular weight excluding hydrogens is 845 g/mol. The molecule has 0 aliphatic heterocycles. The van der Waals surface area contributed by atoms with Gasteiger partial charge in [-0.25, -0.2) is 15.0 Å². The van der Waals surface area contributed by atoms with E-state index in [4.69, 9.17) is 23.8 Å². The average molecular weight is 883 g/mol. The van der Waals surface area contributed by atoms with E-state index >= 15 is 0 Å². The quantitative estimate of drug-likeness (QED) is 0.159. The Morgan fingerprint density at radius 3 is 1.58 bits per heavy atom. The normalized spacial score (nSPS) is 11.8. The third-order valence-electron chi connectivity index (χ3n) is 13.5. The Kier molecular flexibility index (Phi) is 8.79. The Balaban J connectivity index is 0.891. The summed E-state index contributed by atoms with van der Waals surface area (Å²) in [6, 6.07) is 80.4. The summed E-state index contributed by atoms with van der Waals surface area (Å²) in [5, 5.41) is 6.49. The topological polar surface area (TPSA) is 69.9 Å². The molecule has 0 aliphatic carbocycles. The van der Waals surface area contributed by atoms with Crippen LogP contribution in [0.1, 0.15) is 0 Å². The van der Waals surface area contributed by atoms with Gasteiger partial charge in [0, 0.05) is 60.3 Å². The fourth-order valence-electron chi connectivity index (χ4n) is 10.2. The summed E-state index contributed by atoms with van der Waals surface area (Å²) in [5.74, 6) is 1.81. The third kappa shape index (κ3) is 6.45. The van der Waals surface area contributed by atoms with Crippen LogP contribution in [-0.4, -0.2) is 19.5 Å². The highest BCUT2D eigenvalue weighted by Crippen LogP contribution is 2.44. The van der Waals surface area contributed by atoms with Crippen LogP contribution in [0.15, 0.2) is 239 Å². The number of hydrogen-bond acceptors (Lipinski definition) is 5. The van der Waals surface area contributed by atoms with Gasteiger partial charge < -0.3 is 13.4 Å². The zero-order valence-electron chi connectivity index (χ0n) is 37.0. The first-order valence-electron chi connectivity index (χ1n) is 23.2. The molecule has 4 aromatic heterocycles. The Labute approximate surface area is 396 Å². The largest absolute Gasteiger partial charge is 0.456 e. The van der Waals surface area contributed by atoms with Crippen LogP contribution >= 0.6 is 0 Å². The van der Waals surface area contributed by atoms with Gasteiger partial charge in [0.1, 0.15) is 22.3 Å². The fraction of sp³-hybridized carbons (Fsp3) is 0. The minimum atomic E-state index is 0.587. The second-order valence-corrected chi connectivity index (χ2v) is 17.5. The van der Waals surface area contributed by atoms with Crippen molar-refractivity contribution in [1.29, 1.82) is 0 Å². The number of aromatic nitrogens is 4. The number of furan rings is 2. The number of benzene rings is 10. The van der Waals surface area contributed by atoms with Crippen molar-refractivity contribution < 1.29 is 8.83 Å². The zero-order valence-corrected chi connectivity index (χ0v) is 37.0. The molecule has 6 nitrogen and oxygen atoms in total. The summed E-state index contributed by atoms with van der Waals surface area (Å²) in [6.45, 7) is 0. The van der Waals surface area contributed by atoms with Gasteiger partial charge in [0.15, 0.2) is 17.5 Å². The molecule has 0 atom stereocenters. The molecule has 10 aromatic carbocycles. The van der Waals surface area contributed by atoms with E-state index in [2.05, 4.69) is 187 Å². The van der Waals surface area contributed by atoms with Crippen LogP contribution in [0.4, 0.5) is 0 Å². The first kappa shape index (κ1) is 38.8. The molecular formula is C63H38N4O2. The number of fused-ring (bicyclic) bond motifs is 9. The van der Waals surface area contributed by atoms with E-state index in [0.29, 0.717) is 17.5 Å². The molecule has 0 saturated carbocycles. The van der Waals surface area contributed by atoms with Crippen molar-refractivity contribution in [1.82, 2.24) is 19.5 Å². The summed E-state index contributed by atoms with van der Waals surface area (Å²) in [5.41, 5.74) is 16.0. The summed E-state index contributed by atoms with van der Waals surface area (Å²) in [6.07, 6.45) is 0. The molecule has 0 amide bonds. The molecule has 0 N–H and O–H groups in total. The van der Waals surface area contributed by atoms with Gasteiger partial charge >= 0.3 is 0 Å². The molecule has 0 bridgehead atoms. The van der Waals surface area contributed by atoms with E-state index in [-0.39, 0.29) is 0 Å². The van der Waals surface area contributed by atoms with Gasteiger partial charge in [0.05, 0.1) is 11.0 Å². The minimum Gasteiger partial charge on any atom is -0.456 e. The van der Waals surface area contributed by atoms with Crippen molar-refractivity contribution in [3.05, 3.63) is 231 Å². The third-order valence-corrected chi connectivity index (χ3v) is 13.5. The van der Waals surface area contributed by atoms with E-state index < -0.39 is 0 Å². The lowest BCUT2D eigenvalue weighted by molar-refractivity contribution is 0.668. The summed E-state index contributed by atoms with van der Waals surface area (Å²) in [7, 11) is 0. The van der Waals surface area contributed by atoms with E-state index in [9.17, 15) is 0 Å². The Bertz CT molecular complexity index is 4290. The van der Waals surface area contributed by atoms with Gasteiger partial charge in [0.2, 0.25) is 0 Å². The maximum Gasteiger partial charge on any atom is 0.164 e. The molecule has 6 heteroatoms. The molecule has 0 saturated heterocycles. The molecule has 14 aromatic rings. The fourth-order valence-corrected chi connectivity index (χ4v) is 10.2. The molecule has 4 heterocycles. The average Bonchev–Trinajstić information content (AvgIpc) is 4.10. The van der Waals surface area contributed by atoms with E-state index in [0.717, 1.165) is 99.5 Å². The van der Waals surface area contributed by atoms with Crippen molar-refractivity contribution in [2.45, 2.75) is 0 Å². The van der Waals surface area contributed by atoms with Gasteiger partial charge in [-0.1, -0.05) is 170 Å². The number of hydrogen-bond donors (Lipinski definition) is 0. The van der Waals surface area contributed by atoms with Gasteiger partial charge in [-0.3, -0.25) is 0 Å². The van der Waals surface area contributed by atoms with Gasteiger partial charge in [-0.2, -0.15) is 0 Å². The SMILES string of the molecule is c1ccc(-c2ccc(-c3nc(-c4ccccc4)nc(-c4ccc5oc6c(-c7cccc8oc9ccc(-n%10c%11ccccc%11c%11cc(-c%12ccccc%12)ccc%11%10)cc9c78)cccc6c5c4)n3)cc2)cc1. The van der Waals surface area contributed by atoms with E-state index in [1.807, 2.05) is 48.5 Å². The second kappa shape index (κ2) is 15.6. The first-order valence-corrected chi connectivity index (χ1v) is 23.2. The molecule has 322 valence electrons. The summed E-state index contributed by atoms with van der Waals surface area (Å²) in [4.78, 5) is 15.2. The number of nitrogens with zero attached hydrogens (tertiary/aromatic N) is 4. The van der Waals surface area contributed by atoms with Crippen LogP contribution < -0.4 is 0 Å². The van der Waals surface area contributed by atoms with Crippen molar-refractivity contribution in [3.63, 3.8) is 0 Å². The highest BCUT2D eigenvalue weighted by atomic mass is 16.3.